The molecule has 0 atom stereocenters. The van der Waals surface area contributed by atoms with Crippen molar-refractivity contribution in [3.8, 4) is 0 Å². The van der Waals surface area contributed by atoms with Gasteiger partial charge in [0.1, 0.15) is 4.90 Å². The van der Waals surface area contributed by atoms with Gasteiger partial charge in [-0.25, -0.2) is 13.2 Å². The minimum atomic E-state index is -3.57. The van der Waals surface area contributed by atoms with E-state index in [-0.39, 0.29) is 4.90 Å². The van der Waals surface area contributed by atoms with E-state index >= 15 is 0 Å². The van der Waals surface area contributed by atoms with Crippen LogP contribution in [0.25, 0.3) is 11.1 Å². The molecule has 2 aromatic heterocycles. The Kier molecular flexibility index (Phi) is 3.88. The summed E-state index contributed by atoms with van der Waals surface area (Å²) < 4.78 is 32.3. The molecule has 0 unspecified atom stereocenters. The van der Waals surface area contributed by atoms with Crippen LogP contribution in [0.4, 0.5) is 5.69 Å². The standard InChI is InChI=1S/C16H19N5O4S/c1-10-15(11(2)19-18-10)26(23,24)21-7-5-20(6-8-21)12-3-4-14-13(9-12)17-16(22)25-14/h3-4,9H,5-8H2,1-2H3,(H,17,22)(H,18,19). The van der Waals surface area contributed by atoms with E-state index < -0.39 is 15.8 Å². The molecule has 9 nitrogen and oxygen atoms in total. The van der Waals surface area contributed by atoms with Crippen LogP contribution in [-0.2, 0) is 10.0 Å². The summed E-state index contributed by atoms with van der Waals surface area (Å²) in [5, 5.41) is 6.72. The van der Waals surface area contributed by atoms with Crippen molar-refractivity contribution in [1.82, 2.24) is 19.5 Å². The highest BCUT2D eigenvalue weighted by Gasteiger charge is 2.32. The predicted octanol–water partition coefficient (Wildman–Crippen LogP) is 0.972. The molecule has 4 rings (SSSR count). The number of nitrogens with zero attached hydrogens (tertiary/aromatic N) is 3. The number of aromatic nitrogens is 3. The number of sulfonamides is 1. The molecule has 1 aromatic carbocycles. The monoisotopic (exact) mass is 377 g/mol. The Hall–Kier alpha value is -2.59. The molecular formula is C16H19N5O4S. The van der Waals surface area contributed by atoms with E-state index in [1.807, 2.05) is 12.1 Å². The Bertz CT molecular complexity index is 1100. The highest BCUT2D eigenvalue weighted by atomic mass is 32.2. The molecule has 138 valence electrons. The number of piperazine rings is 1. The van der Waals surface area contributed by atoms with Gasteiger partial charge >= 0.3 is 5.76 Å². The molecule has 2 N–H and O–H groups in total. The minimum absolute atomic E-state index is 0.267. The summed E-state index contributed by atoms with van der Waals surface area (Å²) in [6.07, 6.45) is 0. The second-order valence-electron chi connectivity index (χ2n) is 6.35. The topological polar surface area (TPSA) is 115 Å². The van der Waals surface area contributed by atoms with Gasteiger partial charge in [0.2, 0.25) is 10.0 Å². The molecule has 0 spiro atoms. The summed E-state index contributed by atoms with van der Waals surface area (Å²) in [4.78, 5) is 16.3. The van der Waals surface area contributed by atoms with Crippen molar-refractivity contribution in [1.29, 1.82) is 0 Å². The number of aryl methyl sites for hydroxylation is 2. The molecule has 26 heavy (non-hydrogen) atoms. The number of hydrogen-bond acceptors (Lipinski definition) is 6. The number of hydrogen-bond donors (Lipinski definition) is 2. The first kappa shape index (κ1) is 16.9. The number of anilines is 1. The van der Waals surface area contributed by atoms with Crippen LogP contribution in [0, 0.1) is 13.8 Å². The van der Waals surface area contributed by atoms with Crippen LogP contribution in [0.2, 0.25) is 0 Å². The lowest BCUT2D eigenvalue weighted by Crippen LogP contribution is -2.48. The van der Waals surface area contributed by atoms with Crippen molar-refractivity contribution in [3.05, 3.63) is 40.1 Å². The average molecular weight is 377 g/mol. The first-order valence-electron chi connectivity index (χ1n) is 8.26. The zero-order valence-corrected chi connectivity index (χ0v) is 15.3. The van der Waals surface area contributed by atoms with Crippen LogP contribution in [0.1, 0.15) is 11.4 Å². The fourth-order valence-electron chi connectivity index (χ4n) is 3.37. The fraction of sp³-hybridized carbons (Fsp3) is 0.375. The van der Waals surface area contributed by atoms with Crippen molar-refractivity contribution in [2.45, 2.75) is 18.7 Å². The molecule has 0 aliphatic carbocycles. The van der Waals surface area contributed by atoms with Gasteiger partial charge in [-0.15, -0.1) is 0 Å². The van der Waals surface area contributed by atoms with E-state index in [1.54, 1.807) is 19.9 Å². The second-order valence-corrected chi connectivity index (χ2v) is 8.22. The molecule has 1 fully saturated rings. The number of benzene rings is 1. The van der Waals surface area contributed by atoms with Crippen LogP contribution in [0.15, 0.2) is 32.3 Å². The van der Waals surface area contributed by atoms with Gasteiger partial charge in [-0.05, 0) is 32.0 Å². The zero-order chi connectivity index (χ0) is 18.5. The number of rotatable bonds is 3. The summed E-state index contributed by atoms with van der Waals surface area (Å²) in [7, 11) is -3.57. The first-order valence-corrected chi connectivity index (χ1v) is 9.70. The smallest absolute Gasteiger partial charge is 0.408 e. The summed E-state index contributed by atoms with van der Waals surface area (Å²) in [6.45, 7) is 5.28. The molecule has 0 saturated carbocycles. The van der Waals surface area contributed by atoms with E-state index in [0.717, 1.165) is 5.69 Å². The lowest BCUT2D eigenvalue weighted by atomic mass is 10.2. The molecule has 0 amide bonds. The molecule has 0 bridgehead atoms. The van der Waals surface area contributed by atoms with Gasteiger partial charge in [-0.2, -0.15) is 9.40 Å². The molecule has 0 radical (unpaired) electrons. The van der Waals surface area contributed by atoms with Gasteiger partial charge in [0.25, 0.3) is 0 Å². The lowest BCUT2D eigenvalue weighted by Gasteiger charge is -2.35. The maximum absolute atomic E-state index is 12.9. The largest absolute Gasteiger partial charge is 0.417 e. The quantitative estimate of drug-likeness (QED) is 0.703. The van der Waals surface area contributed by atoms with Gasteiger partial charge in [0.05, 0.1) is 16.9 Å². The van der Waals surface area contributed by atoms with Crippen molar-refractivity contribution < 1.29 is 12.8 Å². The van der Waals surface area contributed by atoms with Crippen molar-refractivity contribution in [2.24, 2.45) is 0 Å². The Labute approximate surface area is 149 Å². The Morgan fingerprint density at radius 3 is 2.54 bits per heavy atom. The maximum atomic E-state index is 12.9. The fourth-order valence-corrected chi connectivity index (χ4v) is 5.13. The molecule has 3 aromatic rings. The number of H-pyrrole nitrogens is 2. The van der Waals surface area contributed by atoms with E-state index in [9.17, 15) is 13.2 Å². The first-order chi connectivity index (χ1) is 12.4. The molecular weight excluding hydrogens is 358 g/mol. The normalized spacial score (nSPS) is 16.5. The minimum Gasteiger partial charge on any atom is -0.408 e. The highest BCUT2D eigenvalue weighted by molar-refractivity contribution is 7.89. The van der Waals surface area contributed by atoms with Gasteiger partial charge < -0.3 is 9.32 Å². The third-order valence-electron chi connectivity index (χ3n) is 4.66. The third-order valence-corrected chi connectivity index (χ3v) is 6.83. The van der Waals surface area contributed by atoms with Gasteiger partial charge in [-0.1, -0.05) is 0 Å². The predicted molar refractivity (Wildman–Crippen MR) is 95.9 cm³/mol. The van der Waals surface area contributed by atoms with E-state index in [2.05, 4.69) is 20.1 Å². The van der Waals surface area contributed by atoms with Crippen LogP contribution in [0.3, 0.4) is 0 Å². The maximum Gasteiger partial charge on any atom is 0.417 e. The molecule has 1 saturated heterocycles. The number of oxazole rings is 1. The highest BCUT2D eigenvalue weighted by Crippen LogP contribution is 2.25. The zero-order valence-electron chi connectivity index (χ0n) is 14.4. The Morgan fingerprint density at radius 2 is 1.88 bits per heavy atom. The molecule has 1 aliphatic heterocycles. The van der Waals surface area contributed by atoms with E-state index in [0.29, 0.717) is 48.7 Å². The summed E-state index contributed by atoms with van der Waals surface area (Å²) in [5.74, 6) is -0.487. The molecule has 3 heterocycles. The van der Waals surface area contributed by atoms with Crippen LogP contribution < -0.4 is 10.7 Å². The molecule has 1 aliphatic rings. The summed E-state index contributed by atoms with van der Waals surface area (Å²) in [6, 6.07) is 5.45. The van der Waals surface area contributed by atoms with E-state index in [1.165, 1.54) is 4.31 Å². The van der Waals surface area contributed by atoms with Crippen molar-refractivity contribution in [3.63, 3.8) is 0 Å². The number of aromatic amines is 2. The summed E-state index contributed by atoms with van der Waals surface area (Å²) >= 11 is 0. The van der Waals surface area contributed by atoms with Crippen LogP contribution in [-0.4, -0.2) is 54.1 Å². The van der Waals surface area contributed by atoms with E-state index in [4.69, 9.17) is 4.42 Å². The van der Waals surface area contributed by atoms with Gasteiger partial charge in [0, 0.05) is 31.9 Å². The SMILES string of the molecule is Cc1n[nH]c(C)c1S(=O)(=O)N1CCN(c2ccc3oc(=O)[nH]c3c2)CC1. The van der Waals surface area contributed by atoms with Crippen molar-refractivity contribution in [2.75, 3.05) is 31.1 Å². The number of fused-ring (bicyclic) bond motifs is 1. The van der Waals surface area contributed by atoms with Crippen molar-refractivity contribution >= 4 is 26.8 Å². The summed E-state index contributed by atoms with van der Waals surface area (Å²) in [5.41, 5.74) is 3.10. The van der Waals surface area contributed by atoms with Gasteiger partial charge in [0.15, 0.2) is 5.58 Å². The Balaban J connectivity index is 1.54. The lowest BCUT2D eigenvalue weighted by molar-refractivity contribution is 0.384. The molecule has 10 heteroatoms. The Morgan fingerprint density at radius 1 is 1.15 bits per heavy atom. The number of nitrogens with one attached hydrogen (secondary N) is 2. The third kappa shape index (κ3) is 2.71. The second kappa shape index (κ2) is 5.99. The van der Waals surface area contributed by atoms with Crippen LogP contribution >= 0.6 is 0 Å². The van der Waals surface area contributed by atoms with Crippen LogP contribution in [0.5, 0.6) is 0 Å². The van der Waals surface area contributed by atoms with Gasteiger partial charge in [-0.3, -0.25) is 10.1 Å². The average Bonchev–Trinajstić information content (AvgIpc) is 3.15.